The standard InChI is InChI=1S/C18H36N2O/c1-15(21)13-18(2,3)14-19-16-9-11-20(12-10-16)17-7-5-4-6-8-17/h15-17,19,21H,4-14H2,1-3H3. The van der Waals surface area contributed by atoms with Crippen LogP contribution in [0.15, 0.2) is 0 Å². The van der Waals surface area contributed by atoms with E-state index >= 15 is 0 Å². The van der Waals surface area contributed by atoms with E-state index in [1.807, 2.05) is 6.92 Å². The molecule has 2 fully saturated rings. The monoisotopic (exact) mass is 296 g/mol. The average Bonchev–Trinajstić information content (AvgIpc) is 2.45. The van der Waals surface area contributed by atoms with Crippen molar-refractivity contribution in [1.29, 1.82) is 0 Å². The van der Waals surface area contributed by atoms with Gasteiger partial charge in [-0.05, 0) is 57.5 Å². The molecule has 21 heavy (non-hydrogen) atoms. The fourth-order valence-corrected chi connectivity index (χ4v) is 4.21. The van der Waals surface area contributed by atoms with Gasteiger partial charge in [-0.1, -0.05) is 33.1 Å². The van der Waals surface area contributed by atoms with Crippen molar-refractivity contribution in [1.82, 2.24) is 10.2 Å². The van der Waals surface area contributed by atoms with E-state index in [1.54, 1.807) is 0 Å². The minimum absolute atomic E-state index is 0.189. The Labute approximate surface area is 131 Å². The summed E-state index contributed by atoms with van der Waals surface area (Å²) in [5.41, 5.74) is 0.189. The van der Waals surface area contributed by atoms with Gasteiger partial charge in [0.05, 0.1) is 6.10 Å². The lowest BCUT2D eigenvalue weighted by Gasteiger charge is -2.40. The van der Waals surface area contributed by atoms with Crippen LogP contribution in [0.2, 0.25) is 0 Å². The van der Waals surface area contributed by atoms with Crippen molar-refractivity contribution < 1.29 is 5.11 Å². The molecular weight excluding hydrogens is 260 g/mol. The summed E-state index contributed by atoms with van der Waals surface area (Å²) in [7, 11) is 0. The average molecular weight is 296 g/mol. The van der Waals surface area contributed by atoms with Gasteiger partial charge in [-0.15, -0.1) is 0 Å². The molecule has 3 heteroatoms. The van der Waals surface area contributed by atoms with Gasteiger partial charge in [-0.25, -0.2) is 0 Å². The van der Waals surface area contributed by atoms with Crippen molar-refractivity contribution in [2.24, 2.45) is 5.41 Å². The van der Waals surface area contributed by atoms with E-state index in [2.05, 4.69) is 24.1 Å². The van der Waals surface area contributed by atoms with Gasteiger partial charge in [-0.3, -0.25) is 0 Å². The maximum Gasteiger partial charge on any atom is 0.0517 e. The summed E-state index contributed by atoms with van der Waals surface area (Å²) in [4.78, 5) is 2.75. The number of aliphatic hydroxyl groups is 1. The second-order valence-corrected chi connectivity index (χ2v) is 8.20. The largest absolute Gasteiger partial charge is 0.393 e. The summed E-state index contributed by atoms with van der Waals surface area (Å²) in [5.74, 6) is 0. The zero-order valence-corrected chi connectivity index (χ0v) is 14.4. The number of hydrogen-bond acceptors (Lipinski definition) is 3. The van der Waals surface area contributed by atoms with Crippen LogP contribution in [0.5, 0.6) is 0 Å². The highest BCUT2D eigenvalue weighted by molar-refractivity contribution is 4.85. The molecule has 0 radical (unpaired) electrons. The molecule has 0 bridgehead atoms. The second kappa shape index (κ2) is 7.94. The van der Waals surface area contributed by atoms with Gasteiger partial charge in [0.25, 0.3) is 0 Å². The first-order valence-electron chi connectivity index (χ1n) is 9.12. The summed E-state index contributed by atoms with van der Waals surface area (Å²) >= 11 is 0. The van der Waals surface area contributed by atoms with Crippen molar-refractivity contribution in [2.75, 3.05) is 19.6 Å². The molecule has 2 aliphatic rings. The maximum atomic E-state index is 9.57. The van der Waals surface area contributed by atoms with E-state index in [-0.39, 0.29) is 11.5 Å². The van der Waals surface area contributed by atoms with Crippen LogP contribution in [0.3, 0.4) is 0 Å². The van der Waals surface area contributed by atoms with Crippen LogP contribution < -0.4 is 5.32 Å². The van der Waals surface area contributed by atoms with Crippen LogP contribution in [-0.2, 0) is 0 Å². The molecule has 0 aromatic rings. The van der Waals surface area contributed by atoms with Gasteiger partial charge >= 0.3 is 0 Å². The number of piperidine rings is 1. The maximum absolute atomic E-state index is 9.57. The lowest BCUT2D eigenvalue weighted by molar-refractivity contribution is 0.103. The van der Waals surface area contributed by atoms with Crippen molar-refractivity contribution in [3.8, 4) is 0 Å². The van der Waals surface area contributed by atoms with Crippen LogP contribution >= 0.6 is 0 Å². The third-order valence-electron chi connectivity index (χ3n) is 5.34. The van der Waals surface area contributed by atoms with Crippen LogP contribution in [-0.4, -0.2) is 47.8 Å². The molecule has 1 aliphatic heterocycles. The number of likely N-dealkylation sites (tertiary alicyclic amines) is 1. The van der Waals surface area contributed by atoms with Gasteiger partial charge in [0, 0.05) is 18.6 Å². The number of nitrogens with one attached hydrogen (secondary N) is 1. The summed E-state index contributed by atoms with van der Waals surface area (Å²) < 4.78 is 0. The smallest absolute Gasteiger partial charge is 0.0517 e. The number of rotatable bonds is 6. The summed E-state index contributed by atoms with van der Waals surface area (Å²) in [5, 5.41) is 13.3. The molecular formula is C18H36N2O. The van der Waals surface area contributed by atoms with E-state index < -0.39 is 0 Å². The molecule has 1 atom stereocenters. The predicted molar refractivity (Wildman–Crippen MR) is 89.5 cm³/mol. The molecule has 0 aromatic carbocycles. The molecule has 1 saturated carbocycles. The molecule has 0 spiro atoms. The van der Waals surface area contributed by atoms with Crippen LogP contribution in [0.25, 0.3) is 0 Å². The number of nitrogens with zero attached hydrogens (tertiary/aromatic N) is 1. The molecule has 124 valence electrons. The van der Waals surface area contributed by atoms with Crippen molar-refractivity contribution in [3.05, 3.63) is 0 Å². The molecule has 2 N–H and O–H groups in total. The van der Waals surface area contributed by atoms with Gasteiger partial charge in [0.15, 0.2) is 0 Å². The highest BCUT2D eigenvalue weighted by atomic mass is 16.3. The van der Waals surface area contributed by atoms with Gasteiger partial charge in [0.1, 0.15) is 0 Å². The molecule has 2 rings (SSSR count). The first kappa shape index (κ1) is 17.2. The van der Waals surface area contributed by atoms with Crippen LogP contribution in [0, 0.1) is 5.41 Å². The van der Waals surface area contributed by atoms with Crippen molar-refractivity contribution >= 4 is 0 Å². The van der Waals surface area contributed by atoms with Gasteiger partial charge in [-0.2, -0.15) is 0 Å². The summed E-state index contributed by atoms with van der Waals surface area (Å²) in [6.45, 7) is 9.97. The Kier molecular flexibility index (Phi) is 6.51. The first-order valence-corrected chi connectivity index (χ1v) is 9.12. The zero-order valence-electron chi connectivity index (χ0n) is 14.4. The molecule has 1 saturated heterocycles. The second-order valence-electron chi connectivity index (χ2n) is 8.20. The Bertz CT molecular complexity index is 290. The minimum Gasteiger partial charge on any atom is -0.393 e. The van der Waals surface area contributed by atoms with Crippen LogP contribution in [0.1, 0.15) is 72.1 Å². The fraction of sp³-hybridized carbons (Fsp3) is 1.00. The predicted octanol–water partition coefficient (Wildman–Crippen LogP) is 3.17. The van der Waals surface area contributed by atoms with E-state index in [0.29, 0.717) is 6.04 Å². The normalized spacial score (nSPS) is 25.1. The summed E-state index contributed by atoms with van der Waals surface area (Å²) in [6.07, 6.45) is 10.5. The molecule has 3 nitrogen and oxygen atoms in total. The van der Waals surface area contributed by atoms with Gasteiger partial charge in [0.2, 0.25) is 0 Å². The Morgan fingerprint density at radius 3 is 2.29 bits per heavy atom. The topological polar surface area (TPSA) is 35.5 Å². The molecule has 1 unspecified atom stereocenters. The highest BCUT2D eigenvalue weighted by Crippen LogP contribution is 2.26. The molecule has 1 aliphatic carbocycles. The first-order chi connectivity index (χ1) is 9.96. The zero-order chi connectivity index (χ0) is 15.3. The lowest BCUT2D eigenvalue weighted by Crippen LogP contribution is -2.48. The van der Waals surface area contributed by atoms with Crippen molar-refractivity contribution in [3.63, 3.8) is 0 Å². The molecule has 0 aromatic heterocycles. The Hall–Kier alpha value is -0.120. The molecule has 1 heterocycles. The SMILES string of the molecule is CC(O)CC(C)(C)CNC1CCN(C2CCCCC2)CC1. The quantitative estimate of drug-likeness (QED) is 0.790. The highest BCUT2D eigenvalue weighted by Gasteiger charge is 2.27. The third kappa shape index (κ3) is 5.88. The van der Waals surface area contributed by atoms with Crippen molar-refractivity contribution in [2.45, 2.75) is 90.3 Å². The third-order valence-corrected chi connectivity index (χ3v) is 5.34. The number of hydrogen-bond donors (Lipinski definition) is 2. The lowest BCUT2D eigenvalue weighted by atomic mass is 9.86. The Morgan fingerprint density at radius 1 is 1.10 bits per heavy atom. The fourth-order valence-electron chi connectivity index (χ4n) is 4.21. The van der Waals surface area contributed by atoms with Crippen LogP contribution in [0.4, 0.5) is 0 Å². The Balaban J connectivity index is 1.66. The van der Waals surface area contributed by atoms with E-state index in [9.17, 15) is 5.11 Å². The minimum atomic E-state index is -0.199. The summed E-state index contributed by atoms with van der Waals surface area (Å²) in [6, 6.07) is 1.56. The van der Waals surface area contributed by atoms with E-state index in [4.69, 9.17) is 0 Å². The van der Waals surface area contributed by atoms with E-state index in [0.717, 1.165) is 19.0 Å². The molecule has 0 amide bonds. The van der Waals surface area contributed by atoms with Gasteiger partial charge < -0.3 is 15.3 Å². The number of aliphatic hydroxyl groups excluding tert-OH is 1. The Morgan fingerprint density at radius 2 is 1.71 bits per heavy atom. The van der Waals surface area contributed by atoms with E-state index in [1.165, 1.54) is 58.0 Å².